The molecule has 0 radical (unpaired) electrons. The molecule has 7 heteroatoms. The van der Waals surface area contributed by atoms with Crippen molar-refractivity contribution in [2.45, 2.75) is 19.4 Å². The monoisotopic (exact) mass is 293 g/mol. The van der Waals surface area contributed by atoms with E-state index in [2.05, 4.69) is 15.4 Å². The Bertz CT molecular complexity index is 511. The Kier molecular flexibility index (Phi) is 6.35. The molecule has 1 rings (SSSR count). The molecule has 114 valence electrons. The van der Waals surface area contributed by atoms with Crippen LogP contribution >= 0.6 is 0 Å². The number of carbonyl (C=O) groups excluding carboxylic acids is 3. The Labute approximate surface area is 122 Å². The maximum atomic E-state index is 11.8. The van der Waals surface area contributed by atoms with Crippen LogP contribution in [0.15, 0.2) is 24.3 Å². The van der Waals surface area contributed by atoms with Crippen LogP contribution < -0.4 is 16.4 Å². The Morgan fingerprint density at radius 2 is 1.86 bits per heavy atom. The van der Waals surface area contributed by atoms with Crippen molar-refractivity contribution in [1.82, 2.24) is 5.32 Å². The molecule has 0 heterocycles. The highest BCUT2D eigenvalue weighted by molar-refractivity contribution is 5.97. The van der Waals surface area contributed by atoms with Gasteiger partial charge in [0.25, 0.3) is 5.91 Å². The van der Waals surface area contributed by atoms with E-state index in [-0.39, 0.29) is 30.7 Å². The minimum Gasteiger partial charge on any atom is -0.469 e. The molecule has 1 atom stereocenters. The molecule has 0 bridgehead atoms. The van der Waals surface area contributed by atoms with Crippen molar-refractivity contribution in [3.05, 3.63) is 29.8 Å². The molecule has 4 N–H and O–H groups in total. The molecule has 0 unspecified atom stereocenters. The summed E-state index contributed by atoms with van der Waals surface area (Å²) in [5, 5.41) is 5.21. The van der Waals surface area contributed by atoms with Crippen LogP contribution in [0.3, 0.4) is 0 Å². The van der Waals surface area contributed by atoms with Crippen molar-refractivity contribution >= 4 is 23.5 Å². The molecule has 2 amide bonds. The molecular formula is C14H19N3O4. The Hall–Kier alpha value is -2.41. The summed E-state index contributed by atoms with van der Waals surface area (Å²) in [5.41, 5.74) is 6.43. The zero-order valence-electron chi connectivity index (χ0n) is 12.0. The van der Waals surface area contributed by atoms with Gasteiger partial charge in [0.1, 0.15) is 0 Å². The first-order chi connectivity index (χ1) is 9.93. The lowest BCUT2D eigenvalue weighted by molar-refractivity contribution is -0.140. The Morgan fingerprint density at radius 1 is 1.24 bits per heavy atom. The summed E-state index contributed by atoms with van der Waals surface area (Å²) in [6.07, 6.45) is 0.116. The smallest absolute Gasteiger partial charge is 0.307 e. The first kappa shape index (κ1) is 16.6. The standard InChI is InChI=1S/C14H19N3O4/c1-9(15)13(19)17-11-5-3-10(4-6-11)14(20)16-8-7-12(18)21-2/h3-6,9H,7-8,15H2,1-2H3,(H,16,20)(H,17,19)/t9-/m0/s1. The second-order valence-corrected chi connectivity index (χ2v) is 4.44. The largest absolute Gasteiger partial charge is 0.469 e. The van der Waals surface area contributed by atoms with Gasteiger partial charge < -0.3 is 21.1 Å². The normalized spacial score (nSPS) is 11.4. The summed E-state index contributed by atoms with van der Waals surface area (Å²) in [6, 6.07) is 5.76. The minimum absolute atomic E-state index is 0.116. The molecule has 0 aliphatic rings. The molecule has 0 spiro atoms. The molecule has 0 aliphatic carbocycles. The second kappa shape index (κ2) is 8.01. The average molecular weight is 293 g/mol. The fourth-order valence-electron chi connectivity index (χ4n) is 1.44. The van der Waals surface area contributed by atoms with Gasteiger partial charge in [-0.3, -0.25) is 14.4 Å². The third-order valence-electron chi connectivity index (χ3n) is 2.67. The number of hydrogen-bond acceptors (Lipinski definition) is 5. The molecule has 0 saturated heterocycles. The maximum absolute atomic E-state index is 11.8. The van der Waals surface area contributed by atoms with Crippen molar-refractivity contribution < 1.29 is 19.1 Å². The van der Waals surface area contributed by atoms with Crippen LogP contribution in [-0.2, 0) is 14.3 Å². The van der Waals surface area contributed by atoms with Crippen LogP contribution in [0.4, 0.5) is 5.69 Å². The van der Waals surface area contributed by atoms with Gasteiger partial charge in [-0.15, -0.1) is 0 Å². The highest BCUT2D eigenvalue weighted by Gasteiger charge is 2.09. The van der Waals surface area contributed by atoms with Gasteiger partial charge >= 0.3 is 5.97 Å². The summed E-state index contributed by atoms with van der Waals surface area (Å²) >= 11 is 0. The van der Waals surface area contributed by atoms with Crippen LogP contribution in [0.2, 0.25) is 0 Å². The molecule has 0 aromatic heterocycles. The SMILES string of the molecule is COC(=O)CCNC(=O)c1ccc(NC(=O)[C@H](C)N)cc1. The summed E-state index contributed by atoms with van der Waals surface area (Å²) in [5.74, 6) is -0.987. The van der Waals surface area contributed by atoms with E-state index in [1.54, 1.807) is 31.2 Å². The van der Waals surface area contributed by atoms with E-state index in [0.717, 1.165) is 0 Å². The molecule has 21 heavy (non-hydrogen) atoms. The van der Waals surface area contributed by atoms with Gasteiger partial charge in [0.05, 0.1) is 19.6 Å². The lowest BCUT2D eigenvalue weighted by Gasteiger charge is -2.08. The lowest BCUT2D eigenvalue weighted by Crippen LogP contribution is -2.32. The zero-order chi connectivity index (χ0) is 15.8. The predicted molar refractivity (Wildman–Crippen MR) is 77.7 cm³/mol. The summed E-state index contributed by atoms with van der Waals surface area (Å²) < 4.78 is 4.47. The van der Waals surface area contributed by atoms with Gasteiger partial charge in [-0.2, -0.15) is 0 Å². The van der Waals surface area contributed by atoms with E-state index in [1.165, 1.54) is 7.11 Å². The van der Waals surface area contributed by atoms with Crippen LogP contribution in [0.5, 0.6) is 0 Å². The minimum atomic E-state index is -0.605. The quantitative estimate of drug-likeness (QED) is 0.652. The number of ether oxygens (including phenoxy) is 1. The van der Waals surface area contributed by atoms with Gasteiger partial charge in [0.2, 0.25) is 5.91 Å². The molecule has 7 nitrogen and oxygen atoms in total. The number of esters is 1. The number of rotatable bonds is 6. The first-order valence-electron chi connectivity index (χ1n) is 6.45. The summed E-state index contributed by atoms with van der Waals surface area (Å²) in [4.78, 5) is 34.1. The van der Waals surface area contributed by atoms with Crippen molar-refractivity contribution in [2.75, 3.05) is 19.0 Å². The zero-order valence-corrected chi connectivity index (χ0v) is 12.0. The van der Waals surface area contributed by atoms with E-state index < -0.39 is 6.04 Å². The van der Waals surface area contributed by atoms with Crippen molar-refractivity contribution in [2.24, 2.45) is 5.73 Å². The highest BCUT2D eigenvalue weighted by Crippen LogP contribution is 2.09. The number of amides is 2. The Morgan fingerprint density at radius 3 is 2.38 bits per heavy atom. The first-order valence-corrected chi connectivity index (χ1v) is 6.45. The van der Waals surface area contributed by atoms with Crippen molar-refractivity contribution in [1.29, 1.82) is 0 Å². The number of nitrogens with one attached hydrogen (secondary N) is 2. The van der Waals surface area contributed by atoms with E-state index in [1.807, 2.05) is 0 Å². The van der Waals surface area contributed by atoms with Gasteiger partial charge in [-0.05, 0) is 31.2 Å². The maximum Gasteiger partial charge on any atom is 0.307 e. The molecule has 0 fully saturated rings. The van der Waals surface area contributed by atoms with E-state index in [9.17, 15) is 14.4 Å². The van der Waals surface area contributed by atoms with Gasteiger partial charge in [0, 0.05) is 17.8 Å². The third kappa shape index (κ3) is 5.62. The number of benzene rings is 1. The number of hydrogen-bond donors (Lipinski definition) is 3. The molecule has 0 aliphatic heterocycles. The van der Waals surface area contributed by atoms with Crippen LogP contribution in [0.25, 0.3) is 0 Å². The van der Waals surface area contributed by atoms with Gasteiger partial charge in [0.15, 0.2) is 0 Å². The summed E-state index contributed by atoms with van der Waals surface area (Å²) in [6.45, 7) is 1.78. The number of methoxy groups -OCH3 is 1. The van der Waals surface area contributed by atoms with Crippen LogP contribution in [0, 0.1) is 0 Å². The molecule has 0 saturated carbocycles. The predicted octanol–water partition coefficient (Wildman–Crippen LogP) is 0.265. The Balaban J connectivity index is 2.51. The fourth-order valence-corrected chi connectivity index (χ4v) is 1.44. The lowest BCUT2D eigenvalue weighted by atomic mass is 10.2. The fraction of sp³-hybridized carbons (Fsp3) is 0.357. The third-order valence-corrected chi connectivity index (χ3v) is 2.67. The average Bonchev–Trinajstić information content (AvgIpc) is 2.47. The van der Waals surface area contributed by atoms with Gasteiger partial charge in [-0.25, -0.2) is 0 Å². The van der Waals surface area contributed by atoms with E-state index >= 15 is 0 Å². The van der Waals surface area contributed by atoms with Crippen molar-refractivity contribution in [3.8, 4) is 0 Å². The number of nitrogens with two attached hydrogens (primary N) is 1. The molecular weight excluding hydrogens is 274 g/mol. The number of anilines is 1. The highest BCUT2D eigenvalue weighted by atomic mass is 16.5. The second-order valence-electron chi connectivity index (χ2n) is 4.44. The van der Waals surface area contributed by atoms with Crippen molar-refractivity contribution in [3.63, 3.8) is 0 Å². The van der Waals surface area contributed by atoms with E-state index in [4.69, 9.17) is 5.73 Å². The molecule has 1 aromatic carbocycles. The van der Waals surface area contributed by atoms with Crippen LogP contribution in [-0.4, -0.2) is 37.5 Å². The van der Waals surface area contributed by atoms with Gasteiger partial charge in [-0.1, -0.05) is 0 Å². The van der Waals surface area contributed by atoms with E-state index in [0.29, 0.717) is 11.3 Å². The molecule has 1 aromatic rings. The summed E-state index contributed by atoms with van der Waals surface area (Å²) in [7, 11) is 1.29. The number of carbonyl (C=O) groups is 3. The topological polar surface area (TPSA) is 111 Å². The van der Waals surface area contributed by atoms with Crippen LogP contribution in [0.1, 0.15) is 23.7 Å².